The number of Topliss-reactive ketones (excluding diaryl/α,β-unsaturated/α-hetero) is 2. The van der Waals surface area contributed by atoms with Gasteiger partial charge in [-0.1, -0.05) is 70.1 Å². The summed E-state index contributed by atoms with van der Waals surface area (Å²) in [5.74, 6) is -0.895. The Morgan fingerprint density at radius 1 is 1.18 bits per heavy atom. The lowest BCUT2D eigenvalue weighted by Crippen LogP contribution is -2.59. The number of ketones is 2. The molecule has 3 fully saturated rings. The van der Waals surface area contributed by atoms with Crippen LogP contribution in [-0.2, 0) is 14.4 Å². The number of fused-ring (bicyclic) bond motifs is 3. The predicted octanol–water partition coefficient (Wildman–Crippen LogP) is 3.89. The predicted molar refractivity (Wildman–Crippen MR) is 131 cm³/mol. The maximum absolute atomic E-state index is 14.2. The lowest BCUT2D eigenvalue weighted by Gasteiger charge is -2.51. The summed E-state index contributed by atoms with van der Waals surface area (Å²) in [4.78, 5) is 40.9. The van der Waals surface area contributed by atoms with Gasteiger partial charge in [-0.2, -0.15) is 0 Å². The number of hydrogen-bond acceptors (Lipinski definition) is 5. The molecule has 2 N–H and O–H groups in total. The molecule has 1 aliphatic heterocycles. The van der Waals surface area contributed by atoms with Crippen molar-refractivity contribution in [2.75, 3.05) is 0 Å². The highest BCUT2D eigenvalue weighted by atomic mass is 32.1. The van der Waals surface area contributed by atoms with Gasteiger partial charge in [-0.25, -0.2) is 0 Å². The first-order valence-corrected chi connectivity index (χ1v) is 13.0. The highest BCUT2D eigenvalue weighted by molar-refractivity contribution is 7.81. The molecule has 4 aliphatic rings. The van der Waals surface area contributed by atoms with E-state index in [9.17, 15) is 19.5 Å². The van der Waals surface area contributed by atoms with E-state index in [-0.39, 0.29) is 29.5 Å². The van der Waals surface area contributed by atoms with Crippen LogP contribution in [0.5, 0.6) is 0 Å². The van der Waals surface area contributed by atoms with Crippen LogP contribution in [0.25, 0.3) is 0 Å². The molecule has 0 aromatic carbocycles. The van der Waals surface area contributed by atoms with Crippen molar-refractivity contribution in [3.63, 3.8) is 0 Å². The highest BCUT2D eigenvalue weighted by Gasteiger charge is 2.68. The summed E-state index contributed by atoms with van der Waals surface area (Å²) in [6.45, 7) is 6.10. The number of aliphatic hydroxyl groups is 1. The molecule has 0 radical (unpaired) electrons. The third kappa shape index (κ3) is 3.97. The van der Waals surface area contributed by atoms with E-state index in [0.29, 0.717) is 24.7 Å². The Hall–Kier alpha value is -1.66. The number of amides is 1. The largest absolute Gasteiger partial charge is 0.393 e. The Balaban J connectivity index is 1.69. The molecular formula is C27H37NO4S. The summed E-state index contributed by atoms with van der Waals surface area (Å²) >= 11 is 4.30. The van der Waals surface area contributed by atoms with Crippen LogP contribution < -0.4 is 5.32 Å². The van der Waals surface area contributed by atoms with Gasteiger partial charge < -0.3 is 10.4 Å². The fourth-order valence-corrected chi connectivity index (χ4v) is 7.22. The lowest BCUT2D eigenvalue weighted by atomic mass is 9.49. The molecule has 180 valence electrons. The quantitative estimate of drug-likeness (QED) is 0.246. The van der Waals surface area contributed by atoms with Crippen molar-refractivity contribution in [2.24, 2.45) is 46.8 Å². The Kier molecular flexibility index (Phi) is 7.07. The molecule has 2 saturated carbocycles. The summed E-state index contributed by atoms with van der Waals surface area (Å²) in [7, 11) is 0. The van der Waals surface area contributed by atoms with Gasteiger partial charge in [-0.15, -0.1) is 12.6 Å². The van der Waals surface area contributed by atoms with Crippen LogP contribution in [-0.4, -0.2) is 34.1 Å². The van der Waals surface area contributed by atoms with Crippen molar-refractivity contribution in [3.05, 3.63) is 36.5 Å². The zero-order valence-corrected chi connectivity index (χ0v) is 20.7. The molecule has 1 spiro atoms. The minimum Gasteiger partial charge on any atom is -0.393 e. The molecule has 0 bridgehead atoms. The van der Waals surface area contributed by atoms with E-state index in [0.717, 1.165) is 19.3 Å². The number of hydrogen-bond donors (Lipinski definition) is 3. The number of carbonyl (C=O) groups excluding carboxylic acids is 3. The number of allylic oxidation sites excluding steroid dienone is 5. The lowest BCUT2D eigenvalue weighted by molar-refractivity contribution is -0.158. The van der Waals surface area contributed by atoms with Crippen LogP contribution in [0.4, 0.5) is 0 Å². The van der Waals surface area contributed by atoms with E-state index < -0.39 is 34.5 Å². The van der Waals surface area contributed by atoms with Crippen LogP contribution in [0.1, 0.15) is 52.9 Å². The summed E-state index contributed by atoms with van der Waals surface area (Å²) in [5, 5.41) is 11.7. The van der Waals surface area contributed by atoms with Gasteiger partial charge in [-0.3, -0.25) is 14.4 Å². The molecule has 3 aliphatic carbocycles. The topological polar surface area (TPSA) is 83.5 Å². The van der Waals surface area contributed by atoms with Crippen molar-refractivity contribution in [1.82, 2.24) is 5.32 Å². The van der Waals surface area contributed by atoms with E-state index in [1.807, 2.05) is 38.2 Å². The average molecular weight is 472 g/mol. The summed E-state index contributed by atoms with van der Waals surface area (Å²) < 4.78 is 0. The van der Waals surface area contributed by atoms with Gasteiger partial charge in [-0.05, 0) is 42.9 Å². The molecule has 1 heterocycles. The molecule has 10 atom stereocenters. The third-order valence-corrected chi connectivity index (χ3v) is 9.12. The van der Waals surface area contributed by atoms with Crippen LogP contribution in [0.15, 0.2) is 36.5 Å². The third-order valence-electron chi connectivity index (χ3n) is 8.76. The van der Waals surface area contributed by atoms with Gasteiger partial charge in [0.25, 0.3) is 0 Å². The van der Waals surface area contributed by atoms with Crippen molar-refractivity contribution >= 4 is 30.1 Å². The van der Waals surface area contributed by atoms with E-state index in [1.165, 1.54) is 0 Å². The number of nitrogens with one attached hydrogen (secondary N) is 1. The van der Waals surface area contributed by atoms with E-state index in [2.05, 4.69) is 37.0 Å². The molecule has 0 aromatic rings. The summed E-state index contributed by atoms with van der Waals surface area (Å²) in [5.41, 5.74) is -1.68. The second-order valence-corrected chi connectivity index (χ2v) is 11.1. The average Bonchev–Trinajstić information content (AvgIpc) is 3.02. The van der Waals surface area contributed by atoms with Gasteiger partial charge in [0, 0.05) is 17.8 Å². The molecule has 10 unspecified atom stereocenters. The Morgan fingerprint density at radius 3 is 2.58 bits per heavy atom. The highest BCUT2D eigenvalue weighted by Crippen LogP contribution is 2.56. The molecule has 5 nitrogen and oxygen atoms in total. The van der Waals surface area contributed by atoms with Crippen molar-refractivity contribution < 1.29 is 19.5 Å². The van der Waals surface area contributed by atoms with E-state index in [4.69, 9.17) is 0 Å². The Bertz CT molecular complexity index is 895. The van der Waals surface area contributed by atoms with Gasteiger partial charge in [0.1, 0.15) is 5.37 Å². The standard InChI is InChI=1S/C27H37NO4S/c1-4-20(29)15(2)8-5-6-11-19-14-18-13-12-17-10-7-9-16(3)21(17)22(18)23(30)27(19)24(31)25(33)28-26(27)32/h5-6,8,11-13,15-22,25,29,33H,4,7,9-10,14H2,1-3H3,(H,28,32)/b8-5+,11-6+. The summed E-state index contributed by atoms with van der Waals surface area (Å²) in [6, 6.07) is 0. The Morgan fingerprint density at radius 2 is 1.91 bits per heavy atom. The number of thiol groups is 1. The fourth-order valence-electron chi connectivity index (χ4n) is 6.90. The molecule has 33 heavy (non-hydrogen) atoms. The number of rotatable bonds is 5. The van der Waals surface area contributed by atoms with E-state index >= 15 is 0 Å². The molecule has 6 heteroatoms. The van der Waals surface area contributed by atoms with Crippen molar-refractivity contribution in [2.45, 2.75) is 64.4 Å². The van der Waals surface area contributed by atoms with Crippen molar-refractivity contribution in [3.8, 4) is 0 Å². The number of carbonyl (C=O) groups is 3. The van der Waals surface area contributed by atoms with Gasteiger partial charge >= 0.3 is 0 Å². The zero-order chi connectivity index (χ0) is 23.9. The first kappa shape index (κ1) is 24.5. The first-order chi connectivity index (χ1) is 15.7. The summed E-state index contributed by atoms with van der Waals surface area (Å²) in [6.07, 6.45) is 16.1. The van der Waals surface area contributed by atoms with Gasteiger partial charge in [0.05, 0.1) is 6.10 Å². The first-order valence-electron chi connectivity index (χ1n) is 12.5. The maximum atomic E-state index is 14.2. The normalized spacial score (nSPS) is 42.6. The smallest absolute Gasteiger partial charge is 0.243 e. The van der Waals surface area contributed by atoms with Crippen molar-refractivity contribution in [1.29, 1.82) is 0 Å². The molecule has 4 rings (SSSR count). The molecule has 0 aromatic heterocycles. The minimum atomic E-state index is -1.68. The van der Waals surface area contributed by atoms with Gasteiger partial charge in [0.15, 0.2) is 17.0 Å². The van der Waals surface area contributed by atoms with Crippen LogP contribution in [0, 0.1) is 46.8 Å². The molecular weight excluding hydrogens is 434 g/mol. The number of aliphatic hydroxyl groups excluding tert-OH is 1. The van der Waals surface area contributed by atoms with Crippen LogP contribution >= 0.6 is 12.6 Å². The SMILES string of the molecule is CCC(O)C(C)/C=C/C=C/C1CC2C=CC3CCCC(C)C3C2C(=O)C12C(=O)NC(S)C2=O. The fraction of sp³-hybridized carbons (Fsp3) is 0.667. The van der Waals surface area contributed by atoms with E-state index in [1.54, 1.807) is 0 Å². The molecule has 1 amide bonds. The second-order valence-electron chi connectivity index (χ2n) is 10.6. The maximum Gasteiger partial charge on any atom is 0.243 e. The monoisotopic (exact) mass is 471 g/mol. The zero-order valence-electron chi connectivity index (χ0n) is 19.8. The molecule has 1 saturated heterocycles. The van der Waals surface area contributed by atoms with Crippen LogP contribution in [0.3, 0.4) is 0 Å². The van der Waals surface area contributed by atoms with Crippen LogP contribution in [0.2, 0.25) is 0 Å². The van der Waals surface area contributed by atoms with Gasteiger partial charge in [0.2, 0.25) is 5.91 Å². The Labute approximate surface area is 202 Å². The minimum absolute atomic E-state index is 0.00443. The second kappa shape index (κ2) is 9.53.